The van der Waals surface area contributed by atoms with Crippen LogP contribution in [-0.4, -0.2) is 32.4 Å². The van der Waals surface area contributed by atoms with Gasteiger partial charge in [-0.05, 0) is 0 Å². The summed E-state index contributed by atoms with van der Waals surface area (Å²) >= 11 is 0. The van der Waals surface area contributed by atoms with Crippen molar-refractivity contribution in [3.63, 3.8) is 0 Å². The minimum atomic E-state index is -1.59. The summed E-state index contributed by atoms with van der Waals surface area (Å²) in [6.45, 7) is 0.800. The first-order valence-corrected chi connectivity index (χ1v) is 3.62. The Kier molecular flexibility index (Phi) is 2.78. The monoisotopic (exact) mass is 166 g/mol. The van der Waals surface area contributed by atoms with E-state index in [1.807, 2.05) is 6.92 Å². The molecule has 1 saturated heterocycles. The van der Waals surface area contributed by atoms with E-state index in [1.54, 1.807) is 0 Å². The highest BCUT2D eigenvalue weighted by atomic mass is 19.1. The van der Waals surface area contributed by atoms with Crippen molar-refractivity contribution in [1.29, 1.82) is 0 Å². The van der Waals surface area contributed by atoms with Crippen molar-refractivity contribution >= 4 is 0 Å². The summed E-state index contributed by atoms with van der Waals surface area (Å²) in [5.41, 5.74) is 0. The molecule has 66 valence electrons. The molecule has 0 aliphatic carbocycles. The van der Waals surface area contributed by atoms with Crippen LogP contribution in [-0.2, 0) is 9.47 Å². The Labute approximate surface area is 64.5 Å². The molecule has 1 aliphatic rings. The van der Waals surface area contributed by atoms with E-state index < -0.39 is 19.1 Å². The van der Waals surface area contributed by atoms with Crippen LogP contribution in [0.15, 0.2) is 0 Å². The second-order valence-corrected chi connectivity index (χ2v) is 2.91. The lowest BCUT2D eigenvalue weighted by Gasteiger charge is -2.35. The van der Waals surface area contributed by atoms with E-state index in [9.17, 15) is 8.78 Å². The molecule has 1 rings (SSSR count). The molecule has 0 aromatic rings. The largest absolute Gasteiger partial charge is 0.345 e. The highest BCUT2D eigenvalue weighted by Gasteiger charge is 2.37. The Bertz CT molecular complexity index is 116. The van der Waals surface area contributed by atoms with E-state index in [0.29, 0.717) is 13.2 Å². The number of rotatable bonds is 2. The van der Waals surface area contributed by atoms with Crippen LogP contribution in [0.1, 0.15) is 6.92 Å². The molecule has 11 heavy (non-hydrogen) atoms. The Morgan fingerprint density at radius 2 is 1.73 bits per heavy atom. The summed E-state index contributed by atoms with van der Waals surface area (Å²) in [5.74, 6) is -1.37. The van der Waals surface area contributed by atoms with Gasteiger partial charge in [-0.15, -0.1) is 0 Å². The lowest BCUT2D eigenvalue weighted by Crippen LogP contribution is -2.47. The molecule has 1 heterocycles. The van der Waals surface area contributed by atoms with E-state index in [1.165, 1.54) is 0 Å². The zero-order valence-corrected chi connectivity index (χ0v) is 6.48. The Morgan fingerprint density at radius 3 is 2.09 bits per heavy atom. The minimum Gasteiger partial charge on any atom is -0.345 e. The molecule has 4 heteroatoms. The highest BCUT2D eigenvalue weighted by Crippen LogP contribution is 2.22. The molecule has 0 atom stereocenters. The molecule has 0 amide bonds. The average molecular weight is 166 g/mol. The van der Waals surface area contributed by atoms with Crippen molar-refractivity contribution in [3.05, 3.63) is 0 Å². The summed E-state index contributed by atoms with van der Waals surface area (Å²) in [6, 6.07) is 0. The summed E-state index contributed by atoms with van der Waals surface area (Å²) < 4.78 is 34.2. The fraction of sp³-hybridized carbons (Fsp3) is 1.00. The first-order valence-electron chi connectivity index (χ1n) is 3.62. The molecule has 0 aromatic heterocycles. The van der Waals surface area contributed by atoms with Crippen LogP contribution in [0, 0.1) is 5.92 Å². The molecule has 2 nitrogen and oxygen atoms in total. The van der Waals surface area contributed by atoms with Gasteiger partial charge in [0.15, 0.2) is 0 Å². The normalized spacial score (nSPS) is 25.4. The van der Waals surface area contributed by atoms with Gasteiger partial charge in [-0.25, -0.2) is 8.78 Å². The van der Waals surface area contributed by atoms with Gasteiger partial charge in [-0.3, -0.25) is 0 Å². The van der Waals surface area contributed by atoms with E-state index in [2.05, 4.69) is 0 Å². The van der Waals surface area contributed by atoms with E-state index >= 15 is 0 Å². The Hall–Kier alpha value is -0.220. The first-order chi connectivity index (χ1) is 5.22. The highest BCUT2D eigenvalue weighted by molar-refractivity contribution is 4.72. The second-order valence-electron chi connectivity index (χ2n) is 2.91. The van der Waals surface area contributed by atoms with Crippen LogP contribution >= 0.6 is 0 Å². The maximum absolute atomic E-state index is 12.2. The van der Waals surface area contributed by atoms with Crippen LogP contribution in [0.2, 0.25) is 0 Å². The molecule has 0 radical (unpaired) electrons. The average Bonchev–Trinajstić information content (AvgIpc) is 2.07. The topological polar surface area (TPSA) is 18.5 Å². The number of hydrogen-bond acceptors (Lipinski definition) is 2. The Morgan fingerprint density at radius 1 is 1.27 bits per heavy atom. The van der Waals surface area contributed by atoms with Crippen LogP contribution < -0.4 is 0 Å². The van der Waals surface area contributed by atoms with Gasteiger partial charge in [0, 0.05) is 5.92 Å². The quantitative estimate of drug-likeness (QED) is 0.615. The van der Waals surface area contributed by atoms with Crippen LogP contribution in [0.4, 0.5) is 8.78 Å². The van der Waals surface area contributed by atoms with Gasteiger partial charge in [-0.1, -0.05) is 6.92 Å². The van der Waals surface area contributed by atoms with Crippen LogP contribution in [0.25, 0.3) is 0 Å². The van der Waals surface area contributed by atoms with Gasteiger partial charge in [0.1, 0.15) is 13.3 Å². The van der Waals surface area contributed by atoms with Crippen LogP contribution in [0.5, 0.6) is 0 Å². The second kappa shape index (κ2) is 3.45. The maximum atomic E-state index is 12.2. The number of alkyl halides is 2. The van der Waals surface area contributed by atoms with Crippen LogP contribution in [0.3, 0.4) is 0 Å². The fourth-order valence-electron chi connectivity index (χ4n) is 0.868. The number of hydrogen-bond donors (Lipinski definition) is 0. The van der Waals surface area contributed by atoms with Gasteiger partial charge in [0.2, 0.25) is 5.79 Å². The third kappa shape index (κ3) is 1.87. The zero-order valence-electron chi connectivity index (χ0n) is 6.48. The first kappa shape index (κ1) is 8.87. The molecule has 0 saturated carbocycles. The minimum absolute atomic E-state index is 0.223. The van der Waals surface area contributed by atoms with Crippen molar-refractivity contribution in [3.8, 4) is 0 Å². The molecule has 1 fully saturated rings. The number of ether oxygens (including phenoxy) is 2. The van der Waals surface area contributed by atoms with Crippen molar-refractivity contribution in [2.45, 2.75) is 12.7 Å². The molecule has 0 bridgehead atoms. The van der Waals surface area contributed by atoms with Crippen molar-refractivity contribution in [1.82, 2.24) is 0 Å². The molecule has 0 aromatic carbocycles. The SMILES string of the molecule is CC1COC(CF)(CF)OC1. The van der Waals surface area contributed by atoms with E-state index in [4.69, 9.17) is 9.47 Å². The van der Waals surface area contributed by atoms with E-state index in [-0.39, 0.29) is 5.92 Å². The summed E-state index contributed by atoms with van der Waals surface area (Å²) in [7, 11) is 0. The van der Waals surface area contributed by atoms with E-state index in [0.717, 1.165) is 0 Å². The Balaban J connectivity index is 2.45. The lowest BCUT2D eigenvalue weighted by molar-refractivity contribution is -0.291. The number of halogens is 2. The van der Waals surface area contributed by atoms with Gasteiger partial charge >= 0.3 is 0 Å². The van der Waals surface area contributed by atoms with Crippen molar-refractivity contribution in [2.75, 3.05) is 26.6 Å². The molecule has 1 aliphatic heterocycles. The smallest absolute Gasteiger partial charge is 0.226 e. The molecular formula is C7H12F2O2. The summed E-state index contributed by atoms with van der Waals surface area (Å²) in [6.07, 6.45) is 0. The molecule has 0 N–H and O–H groups in total. The van der Waals surface area contributed by atoms with Crippen molar-refractivity contribution in [2.24, 2.45) is 5.92 Å². The standard InChI is InChI=1S/C7H12F2O2/c1-6-2-10-7(4-8,5-9)11-3-6/h6H,2-5H2,1H3. The predicted octanol–water partition coefficient (Wildman–Crippen LogP) is 1.30. The fourth-order valence-corrected chi connectivity index (χ4v) is 0.868. The lowest BCUT2D eigenvalue weighted by atomic mass is 10.2. The van der Waals surface area contributed by atoms with Gasteiger partial charge in [0.05, 0.1) is 13.2 Å². The van der Waals surface area contributed by atoms with Gasteiger partial charge < -0.3 is 9.47 Å². The predicted molar refractivity (Wildman–Crippen MR) is 35.7 cm³/mol. The molecule has 0 unspecified atom stereocenters. The summed E-state index contributed by atoms with van der Waals surface area (Å²) in [4.78, 5) is 0. The van der Waals surface area contributed by atoms with Gasteiger partial charge in [0.25, 0.3) is 0 Å². The molecule has 0 spiro atoms. The van der Waals surface area contributed by atoms with Crippen molar-refractivity contribution < 1.29 is 18.3 Å². The zero-order chi connectivity index (χ0) is 8.32. The summed E-state index contributed by atoms with van der Waals surface area (Å²) in [5, 5.41) is 0. The molecular weight excluding hydrogens is 154 g/mol. The van der Waals surface area contributed by atoms with Gasteiger partial charge in [-0.2, -0.15) is 0 Å². The third-order valence-electron chi connectivity index (χ3n) is 1.67. The third-order valence-corrected chi connectivity index (χ3v) is 1.67. The maximum Gasteiger partial charge on any atom is 0.226 e.